The van der Waals surface area contributed by atoms with Crippen molar-refractivity contribution in [2.45, 2.75) is 36.5 Å². The van der Waals surface area contributed by atoms with Gasteiger partial charge in [-0.15, -0.1) is 11.8 Å². The standard InChI is InChI=1S/C15H22N2OS/c1-3-8-16-11-12-5-4-6-13(10-12)19-14-7-9-17(2)15(14)18/h4-6,10,14,16H,3,7-9,11H2,1-2H3. The maximum Gasteiger partial charge on any atom is 0.235 e. The number of carbonyl (C=O) groups is 1. The van der Waals surface area contributed by atoms with Gasteiger partial charge in [-0.3, -0.25) is 4.79 Å². The molecule has 1 amide bonds. The van der Waals surface area contributed by atoms with Crippen molar-refractivity contribution in [1.29, 1.82) is 0 Å². The maximum atomic E-state index is 11.9. The molecule has 2 rings (SSSR count). The molecule has 1 aliphatic rings. The first-order valence-electron chi connectivity index (χ1n) is 6.92. The van der Waals surface area contributed by atoms with Gasteiger partial charge in [0.05, 0.1) is 5.25 Å². The van der Waals surface area contributed by atoms with Crippen molar-refractivity contribution in [3.8, 4) is 0 Å². The Kier molecular flexibility index (Phi) is 5.28. The van der Waals surface area contributed by atoms with Crippen molar-refractivity contribution in [2.75, 3.05) is 20.1 Å². The van der Waals surface area contributed by atoms with Crippen LogP contribution in [-0.2, 0) is 11.3 Å². The Bertz CT molecular complexity index is 436. The third-order valence-corrected chi connectivity index (χ3v) is 4.56. The summed E-state index contributed by atoms with van der Waals surface area (Å²) in [4.78, 5) is 14.9. The number of carbonyl (C=O) groups excluding carboxylic acids is 1. The molecular weight excluding hydrogens is 256 g/mol. The van der Waals surface area contributed by atoms with Gasteiger partial charge in [0.15, 0.2) is 0 Å². The van der Waals surface area contributed by atoms with Crippen LogP contribution in [0.1, 0.15) is 25.3 Å². The lowest BCUT2D eigenvalue weighted by Crippen LogP contribution is -2.23. The molecule has 1 aromatic carbocycles. The molecule has 1 heterocycles. The normalized spacial score (nSPS) is 19.2. The zero-order chi connectivity index (χ0) is 13.7. The highest BCUT2D eigenvalue weighted by atomic mass is 32.2. The van der Waals surface area contributed by atoms with Gasteiger partial charge in [-0.05, 0) is 37.1 Å². The molecule has 1 aliphatic heterocycles. The molecule has 1 saturated heterocycles. The van der Waals surface area contributed by atoms with Gasteiger partial charge in [-0.2, -0.15) is 0 Å². The van der Waals surface area contributed by atoms with Crippen molar-refractivity contribution < 1.29 is 4.79 Å². The van der Waals surface area contributed by atoms with E-state index in [4.69, 9.17) is 0 Å². The minimum absolute atomic E-state index is 0.101. The van der Waals surface area contributed by atoms with Crippen LogP contribution in [0.15, 0.2) is 29.2 Å². The first-order chi connectivity index (χ1) is 9.20. The first kappa shape index (κ1) is 14.4. The maximum absolute atomic E-state index is 11.9. The van der Waals surface area contributed by atoms with Crippen LogP contribution in [0.5, 0.6) is 0 Å². The van der Waals surface area contributed by atoms with E-state index in [1.54, 1.807) is 11.8 Å². The molecule has 0 aliphatic carbocycles. The highest BCUT2D eigenvalue weighted by Gasteiger charge is 2.29. The van der Waals surface area contributed by atoms with Crippen LogP contribution in [0.3, 0.4) is 0 Å². The van der Waals surface area contributed by atoms with E-state index >= 15 is 0 Å². The van der Waals surface area contributed by atoms with Gasteiger partial charge in [0.1, 0.15) is 0 Å². The molecule has 0 bridgehead atoms. The minimum atomic E-state index is 0.101. The molecule has 0 saturated carbocycles. The predicted octanol–water partition coefficient (Wildman–Crippen LogP) is 2.51. The highest BCUT2D eigenvalue weighted by Crippen LogP contribution is 2.30. The molecule has 1 atom stereocenters. The number of likely N-dealkylation sites (tertiary alicyclic amines) is 1. The number of amides is 1. The number of nitrogens with one attached hydrogen (secondary N) is 1. The summed E-state index contributed by atoms with van der Waals surface area (Å²) in [5, 5.41) is 3.50. The van der Waals surface area contributed by atoms with Gasteiger partial charge in [0.25, 0.3) is 0 Å². The number of hydrogen-bond donors (Lipinski definition) is 1. The van der Waals surface area contributed by atoms with Gasteiger partial charge in [-0.25, -0.2) is 0 Å². The largest absolute Gasteiger partial charge is 0.345 e. The van der Waals surface area contributed by atoms with E-state index in [9.17, 15) is 4.79 Å². The summed E-state index contributed by atoms with van der Waals surface area (Å²) in [5.74, 6) is 0.263. The molecule has 1 aromatic rings. The molecule has 0 aromatic heterocycles. The number of rotatable bonds is 6. The van der Waals surface area contributed by atoms with Crippen LogP contribution in [0.2, 0.25) is 0 Å². The second kappa shape index (κ2) is 6.96. The molecule has 19 heavy (non-hydrogen) atoms. The van der Waals surface area contributed by atoms with Gasteiger partial charge in [0.2, 0.25) is 5.91 Å². The SMILES string of the molecule is CCCNCc1cccc(SC2CCN(C)C2=O)c1. The molecule has 3 nitrogen and oxygen atoms in total. The summed E-state index contributed by atoms with van der Waals surface area (Å²) in [6.07, 6.45) is 2.11. The summed E-state index contributed by atoms with van der Waals surface area (Å²) >= 11 is 1.70. The fraction of sp³-hybridized carbons (Fsp3) is 0.533. The summed E-state index contributed by atoms with van der Waals surface area (Å²) in [7, 11) is 1.88. The zero-order valence-corrected chi connectivity index (χ0v) is 12.5. The molecule has 1 fully saturated rings. The molecule has 4 heteroatoms. The van der Waals surface area contributed by atoms with Gasteiger partial charge in [-0.1, -0.05) is 19.1 Å². The number of hydrogen-bond acceptors (Lipinski definition) is 3. The lowest BCUT2D eigenvalue weighted by molar-refractivity contribution is -0.126. The first-order valence-corrected chi connectivity index (χ1v) is 7.80. The Morgan fingerprint density at radius 1 is 1.47 bits per heavy atom. The van der Waals surface area contributed by atoms with Crippen LogP contribution >= 0.6 is 11.8 Å². The summed E-state index contributed by atoms with van der Waals surface area (Å²) < 4.78 is 0. The Labute approximate surface area is 119 Å². The highest BCUT2D eigenvalue weighted by molar-refractivity contribution is 8.00. The predicted molar refractivity (Wildman–Crippen MR) is 80.3 cm³/mol. The molecule has 104 valence electrons. The second-order valence-electron chi connectivity index (χ2n) is 4.98. The number of thioether (sulfide) groups is 1. The van der Waals surface area contributed by atoms with Crippen molar-refractivity contribution >= 4 is 17.7 Å². The van der Waals surface area contributed by atoms with Crippen LogP contribution < -0.4 is 5.32 Å². The Morgan fingerprint density at radius 2 is 2.32 bits per heavy atom. The Balaban J connectivity index is 1.93. The molecule has 0 spiro atoms. The molecule has 1 unspecified atom stereocenters. The van der Waals surface area contributed by atoms with E-state index in [0.29, 0.717) is 0 Å². The van der Waals surface area contributed by atoms with Crippen LogP contribution in [-0.4, -0.2) is 36.2 Å². The lowest BCUT2D eigenvalue weighted by Gasteiger charge is -2.11. The second-order valence-corrected chi connectivity index (χ2v) is 6.26. The van der Waals surface area contributed by atoms with Crippen molar-refractivity contribution in [3.63, 3.8) is 0 Å². The fourth-order valence-electron chi connectivity index (χ4n) is 2.20. The zero-order valence-electron chi connectivity index (χ0n) is 11.7. The molecular formula is C15H22N2OS. The quantitative estimate of drug-likeness (QED) is 0.812. The van der Waals surface area contributed by atoms with Gasteiger partial charge in [0, 0.05) is 25.0 Å². The van der Waals surface area contributed by atoms with E-state index in [-0.39, 0.29) is 11.2 Å². The average Bonchev–Trinajstić information content (AvgIpc) is 2.72. The van der Waals surface area contributed by atoms with Crippen LogP contribution in [0.4, 0.5) is 0 Å². The van der Waals surface area contributed by atoms with E-state index in [1.807, 2.05) is 11.9 Å². The number of nitrogens with zero attached hydrogens (tertiary/aromatic N) is 1. The monoisotopic (exact) mass is 278 g/mol. The fourth-order valence-corrected chi connectivity index (χ4v) is 3.41. The topological polar surface area (TPSA) is 32.3 Å². The summed E-state index contributed by atoms with van der Waals surface area (Å²) in [5.41, 5.74) is 1.29. The van der Waals surface area contributed by atoms with Gasteiger partial charge < -0.3 is 10.2 Å². The summed E-state index contributed by atoms with van der Waals surface area (Å²) in [6.45, 7) is 5.00. The van der Waals surface area contributed by atoms with Crippen LogP contribution in [0, 0.1) is 0 Å². The summed E-state index contributed by atoms with van der Waals surface area (Å²) in [6, 6.07) is 8.50. The van der Waals surface area contributed by atoms with E-state index in [1.165, 1.54) is 10.5 Å². The Morgan fingerprint density at radius 3 is 3.00 bits per heavy atom. The average molecular weight is 278 g/mol. The van der Waals surface area contributed by atoms with E-state index in [2.05, 4.69) is 36.5 Å². The third-order valence-electron chi connectivity index (χ3n) is 3.31. The van der Waals surface area contributed by atoms with E-state index < -0.39 is 0 Å². The minimum Gasteiger partial charge on any atom is -0.345 e. The van der Waals surface area contributed by atoms with Crippen molar-refractivity contribution in [1.82, 2.24) is 10.2 Å². The van der Waals surface area contributed by atoms with E-state index in [0.717, 1.165) is 32.5 Å². The van der Waals surface area contributed by atoms with Crippen molar-refractivity contribution in [3.05, 3.63) is 29.8 Å². The van der Waals surface area contributed by atoms with Crippen molar-refractivity contribution in [2.24, 2.45) is 0 Å². The Hall–Kier alpha value is -1.00. The third kappa shape index (κ3) is 3.98. The van der Waals surface area contributed by atoms with Crippen LogP contribution in [0.25, 0.3) is 0 Å². The smallest absolute Gasteiger partial charge is 0.235 e. The lowest BCUT2D eigenvalue weighted by atomic mass is 10.2. The number of benzene rings is 1. The van der Waals surface area contributed by atoms with Gasteiger partial charge >= 0.3 is 0 Å². The molecule has 1 N–H and O–H groups in total. The molecule has 0 radical (unpaired) electrons.